The number of non-ortho nitro benzene ring substituents is 2. The first kappa shape index (κ1) is 52.3. The monoisotopic (exact) mass is 1020 g/mol. The maximum absolute atomic E-state index is 14.6. The van der Waals surface area contributed by atoms with Gasteiger partial charge in [0, 0.05) is 50.4 Å². The van der Waals surface area contributed by atoms with E-state index in [0.717, 1.165) is 73.8 Å². The van der Waals surface area contributed by atoms with E-state index in [9.17, 15) is 41.9 Å². The summed E-state index contributed by atoms with van der Waals surface area (Å²) in [5.74, 6) is 0.243. The molecule has 0 aliphatic carbocycles. The Kier molecular flexibility index (Phi) is 16.7. The highest BCUT2D eigenvalue weighted by Gasteiger charge is 2.37. The molecule has 1 aromatic heterocycles. The highest BCUT2D eigenvalue weighted by molar-refractivity contribution is 8.00. The van der Waals surface area contributed by atoms with E-state index in [-0.39, 0.29) is 90.7 Å². The van der Waals surface area contributed by atoms with Crippen molar-refractivity contribution in [1.82, 2.24) is 18.5 Å². The number of nitrogens with zero attached hydrogens (tertiary/aromatic N) is 6. The Bertz CT molecular complexity index is 2920. The summed E-state index contributed by atoms with van der Waals surface area (Å²) in [5.41, 5.74) is 2.24. The lowest BCUT2D eigenvalue weighted by Gasteiger charge is -2.35. The van der Waals surface area contributed by atoms with Gasteiger partial charge in [0.1, 0.15) is 11.4 Å². The van der Waals surface area contributed by atoms with Crippen LogP contribution in [0.4, 0.5) is 11.4 Å². The Morgan fingerprint density at radius 2 is 1.08 bits per heavy atom. The summed E-state index contributed by atoms with van der Waals surface area (Å²) in [6.45, 7) is 3.68. The summed E-state index contributed by atoms with van der Waals surface area (Å²) < 4.78 is 71.8. The number of carbonyl (C=O) groups is 1. The van der Waals surface area contributed by atoms with Crippen LogP contribution in [0.2, 0.25) is 0 Å². The fourth-order valence-corrected chi connectivity index (χ4v) is 12.4. The minimum atomic E-state index is -4.41. The standard InChI is InChI=1S/C51H54N6O11S3/c1-50(2,3)68-49(58)38-53-30-32-54(70(63,64)45-25-21-43(22-26-45)56(59)60)36-42-20-29-48(47(52-42)37-55(33-31-53)71(65,66)46-27-23-44(24-28-46)57(61)62)67-34-13-35-69-51(39-14-7-4-8-15-39,40-16-9-5-10-17-40)41-18-11-6-12-19-41/h4-12,14-29H,13,30-38H2,1-3H3. The normalized spacial score (nSPS) is 14.7. The zero-order valence-electron chi connectivity index (χ0n) is 39.4. The Morgan fingerprint density at radius 1 is 0.634 bits per heavy atom. The zero-order valence-corrected chi connectivity index (χ0v) is 41.9. The zero-order chi connectivity index (χ0) is 50.8. The molecule has 372 valence electrons. The molecule has 0 spiro atoms. The van der Waals surface area contributed by atoms with Crippen LogP contribution in [0.3, 0.4) is 0 Å². The van der Waals surface area contributed by atoms with Gasteiger partial charge in [-0.05, 0) is 86.0 Å². The van der Waals surface area contributed by atoms with Gasteiger partial charge in [-0.1, -0.05) is 91.0 Å². The van der Waals surface area contributed by atoms with Gasteiger partial charge in [-0.15, -0.1) is 11.8 Å². The van der Waals surface area contributed by atoms with Crippen molar-refractivity contribution in [2.24, 2.45) is 0 Å². The average Bonchev–Trinajstić information content (AvgIpc) is 3.35. The van der Waals surface area contributed by atoms with Crippen molar-refractivity contribution in [3.8, 4) is 5.75 Å². The second-order valence-electron chi connectivity index (χ2n) is 17.6. The predicted octanol–water partition coefficient (Wildman–Crippen LogP) is 8.43. The Morgan fingerprint density at radius 3 is 1.52 bits per heavy atom. The summed E-state index contributed by atoms with van der Waals surface area (Å²) >= 11 is 1.76. The molecule has 0 amide bonds. The summed E-state index contributed by atoms with van der Waals surface area (Å²) in [6.07, 6.45) is 0.547. The van der Waals surface area contributed by atoms with Gasteiger partial charge in [0.05, 0.1) is 62.0 Å². The van der Waals surface area contributed by atoms with Crippen LogP contribution in [0.5, 0.6) is 5.75 Å². The lowest BCUT2D eigenvalue weighted by atomic mass is 9.84. The van der Waals surface area contributed by atoms with Gasteiger partial charge in [-0.3, -0.25) is 34.9 Å². The Hall–Kier alpha value is -6.55. The Labute approximate surface area is 417 Å². The number of fused-ring (bicyclic) bond motifs is 2. The number of pyridine rings is 1. The van der Waals surface area contributed by atoms with Crippen molar-refractivity contribution in [3.05, 3.63) is 200 Å². The molecule has 0 fully saturated rings. The maximum Gasteiger partial charge on any atom is 0.320 e. The van der Waals surface area contributed by atoms with Gasteiger partial charge < -0.3 is 9.47 Å². The second kappa shape index (κ2) is 22.7. The second-order valence-corrected chi connectivity index (χ2v) is 22.8. The van der Waals surface area contributed by atoms with E-state index in [0.29, 0.717) is 12.2 Å². The summed E-state index contributed by atoms with van der Waals surface area (Å²) in [4.78, 5) is 41.0. The molecule has 1 aliphatic rings. The number of ether oxygens (including phenoxy) is 2. The maximum atomic E-state index is 14.6. The molecule has 17 nitrogen and oxygen atoms in total. The first-order valence-electron chi connectivity index (χ1n) is 22.7. The molecule has 1 aliphatic heterocycles. The number of benzene rings is 5. The number of nitro benzene ring substituents is 2. The number of esters is 1. The molecule has 71 heavy (non-hydrogen) atoms. The molecule has 0 unspecified atom stereocenters. The third kappa shape index (κ3) is 12.9. The lowest BCUT2D eigenvalue weighted by molar-refractivity contribution is -0.385. The molecule has 5 aromatic carbocycles. The van der Waals surface area contributed by atoms with Crippen molar-refractivity contribution < 1.29 is 41.0 Å². The number of thioether (sulfide) groups is 1. The van der Waals surface area contributed by atoms with Crippen LogP contribution >= 0.6 is 11.8 Å². The van der Waals surface area contributed by atoms with E-state index in [1.165, 1.54) is 0 Å². The first-order valence-corrected chi connectivity index (χ1v) is 26.6. The summed E-state index contributed by atoms with van der Waals surface area (Å²) in [7, 11) is -8.76. The first-order chi connectivity index (χ1) is 33.9. The van der Waals surface area contributed by atoms with Gasteiger partial charge in [0.2, 0.25) is 20.0 Å². The number of aromatic nitrogens is 1. The van der Waals surface area contributed by atoms with Crippen LogP contribution in [0.1, 0.15) is 55.3 Å². The summed E-state index contributed by atoms with van der Waals surface area (Å²) in [5, 5.41) is 22.9. The van der Waals surface area contributed by atoms with Crippen LogP contribution in [-0.2, 0) is 47.4 Å². The third-order valence-corrected chi connectivity index (χ3v) is 16.9. The third-order valence-electron chi connectivity index (χ3n) is 11.5. The SMILES string of the molecule is CC(C)(C)OC(=O)CN1CCN(S(=O)(=O)c2ccc([N+](=O)[O-])cc2)Cc2ccc(OCCCSC(c3ccccc3)(c3ccccc3)c3ccccc3)c(n2)CN(S(=O)(=O)c2ccc([N+](=O)[O-])cc2)CC1. The van der Waals surface area contributed by atoms with E-state index in [1.807, 2.05) is 54.6 Å². The van der Waals surface area contributed by atoms with Crippen LogP contribution in [-0.4, -0.2) is 102 Å². The van der Waals surface area contributed by atoms with Crippen LogP contribution in [0.25, 0.3) is 0 Å². The molecule has 0 N–H and O–H groups in total. The van der Waals surface area contributed by atoms with Gasteiger partial charge >= 0.3 is 5.97 Å². The highest BCUT2D eigenvalue weighted by atomic mass is 32.2. The number of carbonyl (C=O) groups excluding carboxylic acids is 1. The predicted molar refractivity (Wildman–Crippen MR) is 270 cm³/mol. The Balaban J connectivity index is 1.23. The van der Waals surface area contributed by atoms with E-state index < -0.39 is 46.2 Å². The van der Waals surface area contributed by atoms with E-state index in [2.05, 4.69) is 36.4 Å². The van der Waals surface area contributed by atoms with Gasteiger partial charge in [-0.2, -0.15) is 8.61 Å². The fourth-order valence-electron chi connectivity index (χ4n) is 8.13. The van der Waals surface area contributed by atoms with Crippen molar-refractivity contribution in [2.45, 2.75) is 60.4 Å². The topological polar surface area (TPSA) is 213 Å². The smallest absolute Gasteiger partial charge is 0.320 e. The molecule has 0 atom stereocenters. The van der Waals surface area contributed by atoms with Gasteiger partial charge in [-0.25, -0.2) is 16.8 Å². The molecule has 0 radical (unpaired) electrons. The molecular formula is C51H54N6O11S3. The average molecular weight is 1020 g/mol. The molecular weight excluding hydrogens is 969 g/mol. The number of nitro groups is 2. The molecule has 20 heteroatoms. The molecule has 0 saturated carbocycles. The summed E-state index contributed by atoms with van der Waals surface area (Å²) in [6, 6.07) is 43.0. The van der Waals surface area contributed by atoms with Gasteiger partial charge in [0.15, 0.2) is 0 Å². The van der Waals surface area contributed by atoms with E-state index >= 15 is 0 Å². The van der Waals surface area contributed by atoms with E-state index in [4.69, 9.17) is 14.5 Å². The molecule has 2 bridgehead atoms. The molecule has 2 heterocycles. The van der Waals surface area contributed by atoms with Crippen molar-refractivity contribution in [1.29, 1.82) is 0 Å². The quantitative estimate of drug-likeness (QED) is 0.0276. The van der Waals surface area contributed by atoms with Gasteiger partial charge in [0.25, 0.3) is 11.4 Å². The fraction of sp³-hybridized carbons (Fsp3) is 0.294. The van der Waals surface area contributed by atoms with Crippen molar-refractivity contribution >= 4 is 49.2 Å². The molecule has 6 aromatic rings. The minimum absolute atomic E-state index is 0.0664. The number of hydrogen-bond donors (Lipinski definition) is 0. The number of rotatable bonds is 17. The van der Waals surface area contributed by atoms with E-state index in [1.54, 1.807) is 49.6 Å². The molecule has 7 rings (SSSR count). The number of sulfonamides is 2. The van der Waals surface area contributed by atoms with Crippen LogP contribution < -0.4 is 4.74 Å². The minimum Gasteiger partial charge on any atom is -0.492 e. The van der Waals surface area contributed by atoms with Crippen molar-refractivity contribution in [3.63, 3.8) is 0 Å². The lowest BCUT2D eigenvalue weighted by Crippen LogP contribution is -2.45. The molecule has 0 saturated heterocycles. The number of hydrogen-bond acceptors (Lipinski definition) is 14. The van der Waals surface area contributed by atoms with Crippen LogP contribution in [0.15, 0.2) is 161 Å². The largest absolute Gasteiger partial charge is 0.492 e. The highest BCUT2D eigenvalue weighted by Crippen LogP contribution is 2.48. The van der Waals surface area contributed by atoms with Crippen molar-refractivity contribution in [2.75, 3.05) is 45.1 Å². The van der Waals surface area contributed by atoms with Crippen LogP contribution in [0, 0.1) is 20.2 Å².